The van der Waals surface area contributed by atoms with Crippen molar-refractivity contribution in [2.24, 2.45) is 0 Å². The van der Waals surface area contributed by atoms with Crippen LogP contribution in [-0.4, -0.2) is 48.9 Å². The Bertz CT molecular complexity index is 844. The van der Waals surface area contributed by atoms with E-state index in [0.29, 0.717) is 0 Å². The largest absolute Gasteiger partial charge is 0.467 e. The van der Waals surface area contributed by atoms with Gasteiger partial charge in [0.1, 0.15) is 18.7 Å². The number of carbonyl (C=O) groups excluding carboxylic acids is 3. The van der Waals surface area contributed by atoms with E-state index in [1.807, 2.05) is 18.2 Å². The van der Waals surface area contributed by atoms with E-state index in [2.05, 4.69) is 26.6 Å². The Morgan fingerprint density at radius 1 is 0.967 bits per heavy atom. The summed E-state index contributed by atoms with van der Waals surface area (Å²) in [5, 5.41) is 14.3. The molecule has 0 unspecified atom stereocenters. The minimum atomic E-state index is -1.29. The maximum atomic E-state index is 12.5. The molecule has 0 fully saturated rings. The topological polar surface area (TPSA) is 114 Å². The second kappa shape index (κ2) is 11.9. The van der Waals surface area contributed by atoms with Crippen molar-refractivity contribution in [3.63, 3.8) is 0 Å². The molecule has 0 heterocycles. The molecule has 0 aromatic heterocycles. The number of aliphatic hydroxyl groups is 1. The highest BCUT2D eigenvalue weighted by Gasteiger charge is 2.27. The summed E-state index contributed by atoms with van der Waals surface area (Å²) in [6.07, 6.45) is -0.682. The predicted octanol–water partition coefficient (Wildman–Crippen LogP) is 1.94. The van der Waals surface area contributed by atoms with E-state index in [4.69, 9.17) is 9.47 Å². The van der Waals surface area contributed by atoms with Crippen LogP contribution >= 0.6 is 15.9 Å². The molecular formula is C21H23BrN2O6. The van der Waals surface area contributed by atoms with Crippen LogP contribution in [-0.2, 0) is 32.1 Å². The minimum Gasteiger partial charge on any atom is -0.467 e. The minimum absolute atomic E-state index is 0.0147. The first-order valence-electron chi connectivity index (χ1n) is 9.13. The smallest absolute Gasteiger partial charge is 0.408 e. The third-order valence-electron chi connectivity index (χ3n) is 4.16. The number of benzene rings is 2. The maximum absolute atomic E-state index is 12.5. The highest BCUT2D eigenvalue weighted by molar-refractivity contribution is 9.10. The molecule has 0 saturated heterocycles. The van der Waals surface area contributed by atoms with Crippen LogP contribution in [0.1, 0.15) is 11.1 Å². The number of hydrogen-bond donors (Lipinski definition) is 3. The van der Waals surface area contributed by atoms with Gasteiger partial charge < -0.3 is 25.2 Å². The lowest BCUT2D eigenvalue weighted by atomic mass is 10.1. The lowest BCUT2D eigenvalue weighted by Crippen LogP contribution is -2.54. The monoisotopic (exact) mass is 478 g/mol. The van der Waals surface area contributed by atoms with Crippen molar-refractivity contribution < 1.29 is 29.0 Å². The van der Waals surface area contributed by atoms with Crippen molar-refractivity contribution in [1.82, 2.24) is 10.6 Å². The van der Waals surface area contributed by atoms with Crippen LogP contribution in [0.15, 0.2) is 59.1 Å². The van der Waals surface area contributed by atoms with E-state index in [1.165, 1.54) is 7.11 Å². The SMILES string of the molecule is COC(=O)[C@@H](Cc1ccc(Br)cc1)NC(=O)[C@H](CO)NC(=O)OCc1ccccc1. The summed E-state index contributed by atoms with van der Waals surface area (Å²) in [7, 11) is 1.21. The Hall–Kier alpha value is -2.91. The van der Waals surface area contributed by atoms with E-state index >= 15 is 0 Å². The summed E-state index contributed by atoms with van der Waals surface area (Å²) in [5.74, 6) is -1.38. The Balaban J connectivity index is 1.94. The van der Waals surface area contributed by atoms with Gasteiger partial charge in [-0.05, 0) is 23.3 Å². The molecule has 0 aliphatic rings. The van der Waals surface area contributed by atoms with Gasteiger partial charge in [0.05, 0.1) is 13.7 Å². The second-order valence-corrected chi connectivity index (χ2v) is 7.27. The van der Waals surface area contributed by atoms with Crippen LogP contribution in [0.25, 0.3) is 0 Å². The first-order chi connectivity index (χ1) is 14.4. The Morgan fingerprint density at radius 3 is 2.23 bits per heavy atom. The predicted molar refractivity (Wildman–Crippen MR) is 112 cm³/mol. The van der Waals surface area contributed by atoms with Crippen LogP contribution in [0, 0.1) is 0 Å². The molecule has 2 rings (SSSR count). The van der Waals surface area contributed by atoms with Crippen molar-refractivity contribution in [2.45, 2.75) is 25.1 Å². The molecule has 160 valence electrons. The molecular weight excluding hydrogens is 456 g/mol. The fraction of sp³-hybridized carbons (Fsp3) is 0.286. The molecule has 8 nitrogen and oxygen atoms in total. The third-order valence-corrected chi connectivity index (χ3v) is 4.69. The Morgan fingerprint density at radius 2 is 1.63 bits per heavy atom. The van der Waals surface area contributed by atoms with E-state index in [9.17, 15) is 19.5 Å². The number of hydrogen-bond acceptors (Lipinski definition) is 6. The van der Waals surface area contributed by atoms with Gasteiger partial charge in [-0.25, -0.2) is 9.59 Å². The van der Waals surface area contributed by atoms with E-state index in [0.717, 1.165) is 15.6 Å². The van der Waals surface area contributed by atoms with Gasteiger partial charge >= 0.3 is 12.1 Å². The molecule has 0 aliphatic heterocycles. The van der Waals surface area contributed by atoms with Gasteiger partial charge in [0, 0.05) is 10.9 Å². The van der Waals surface area contributed by atoms with Gasteiger partial charge in [0.2, 0.25) is 5.91 Å². The van der Waals surface area contributed by atoms with Gasteiger partial charge in [0.15, 0.2) is 0 Å². The highest BCUT2D eigenvalue weighted by Crippen LogP contribution is 2.12. The molecule has 2 amide bonds. The van der Waals surface area contributed by atoms with Crippen molar-refractivity contribution in [3.8, 4) is 0 Å². The first-order valence-corrected chi connectivity index (χ1v) is 9.93. The van der Waals surface area contributed by atoms with Crippen LogP contribution in [0.5, 0.6) is 0 Å². The van der Waals surface area contributed by atoms with Crippen LogP contribution in [0.2, 0.25) is 0 Å². The number of halogens is 1. The summed E-state index contributed by atoms with van der Waals surface area (Å²) in [5.41, 5.74) is 1.57. The van der Waals surface area contributed by atoms with E-state index < -0.39 is 36.7 Å². The number of methoxy groups -OCH3 is 1. The molecule has 0 radical (unpaired) electrons. The molecule has 3 N–H and O–H groups in total. The molecule has 2 aromatic rings. The van der Waals surface area contributed by atoms with E-state index in [-0.39, 0.29) is 13.0 Å². The summed E-state index contributed by atoms with van der Waals surface area (Å²) >= 11 is 3.33. The standard InChI is InChI=1S/C21H23BrN2O6/c1-29-20(27)17(11-14-7-9-16(22)10-8-14)23-19(26)18(12-25)24-21(28)30-13-15-5-3-2-4-6-15/h2-10,17-18,25H,11-13H2,1H3,(H,23,26)(H,24,28)/t17-,18+/m1/s1. The molecule has 30 heavy (non-hydrogen) atoms. The summed E-state index contributed by atoms with van der Waals surface area (Å²) in [6, 6.07) is 14.0. The number of ether oxygens (including phenoxy) is 2. The first kappa shape index (κ1) is 23.4. The van der Waals surface area contributed by atoms with Crippen LogP contribution in [0.3, 0.4) is 0 Å². The van der Waals surface area contributed by atoms with Crippen LogP contribution < -0.4 is 10.6 Å². The normalized spacial score (nSPS) is 12.4. The lowest BCUT2D eigenvalue weighted by molar-refractivity contribution is -0.145. The number of esters is 1. The molecule has 0 bridgehead atoms. The quantitative estimate of drug-likeness (QED) is 0.474. The van der Waals surface area contributed by atoms with Gasteiger partial charge in [-0.1, -0.05) is 58.4 Å². The number of alkyl carbamates (subject to hydrolysis) is 1. The summed E-state index contributed by atoms with van der Waals surface area (Å²) in [6.45, 7) is -0.654. The van der Waals surface area contributed by atoms with E-state index in [1.54, 1.807) is 36.4 Å². The fourth-order valence-electron chi connectivity index (χ4n) is 2.57. The highest BCUT2D eigenvalue weighted by atomic mass is 79.9. The average Bonchev–Trinajstić information content (AvgIpc) is 2.77. The molecule has 2 aromatic carbocycles. The number of nitrogens with one attached hydrogen (secondary N) is 2. The van der Waals surface area contributed by atoms with Crippen molar-refractivity contribution in [2.75, 3.05) is 13.7 Å². The maximum Gasteiger partial charge on any atom is 0.408 e. The van der Waals surface area contributed by atoms with Gasteiger partial charge in [-0.15, -0.1) is 0 Å². The van der Waals surface area contributed by atoms with Gasteiger partial charge in [0.25, 0.3) is 0 Å². The Kier molecular flexibility index (Phi) is 9.30. The zero-order chi connectivity index (χ0) is 21.9. The van der Waals surface area contributed by atoms with Crippen molar-refractivity contribution >= 4 is 33.9 Å². The Labute approximate surface area is 182 Å². The van der Waals surface area contributed by atoms with Crippen LogP contribution in [0.4, 0.5) is 4.79 Å². The molecule has 9 heteroatoms. The number of amides is 2. The zero-order valence-electron chi connectivity index (χ0n) is 16.3. The average molecular weight is 479 g/mol. The molecule has 2 atom stereocenters. The molecule has 0 aliphatic carbocycles. The summed E-state index contributed by atoms with van der Waals surface area (Å²) in [4.78, 5) is 36.6. The molecule has 0 saturated carbocycles. The molecule has 0 spiro atoms. The third kappa shape index (κ3) is 7.49. The number of aliphatic hydroxyl groups excluding tert-OH is 1. The van der Waals surface area contributed by atoms with Gasteiger partial charge in [-0.2, -0.15) is 0 Å². The fourth-order valence-corrected chi connectivity index (χ4v) is 2.83. The number of rotatable bonds is 9. The van der Waals surface area contributed by atoms with Crippen molar-refractivity contribution in [3.05, 3.63) is 70.2 Å². The second-order valence-electron chi connectivity index (χ2n) is 6.36. The zero-order valence-corrected chi connectivity index (χ0v) is 17.9. The van der Waals surface area contributed by atoms with Crippen molar-refractivity contribution in [1.29, 1.82) is 0 Å². The summed E-state index contributed by atoms with van der Waals surface area (Å²) < 4.78 is 10.7. The van der Waals surface area contributed by atoms with Gasteiger partial charge in [-0.3, -0.25) is 4.79 Å². The lowest BCUT2D eigenvalue weighted by Gasteiger charge is -2.21. The number of carbonyl (C=O) groups is 3.